The Kier molecular flexibility index (Phi) is 5.35. The summed E-state index contributed by atoms with van der Waals surface area (Å²) in [6, 6.07) is 12.5. The highest BCUT2D eigenvalue weighted by atomic mass is 35.5. The summed E-state index contributed by atoms with van der Waals surface area (Å²) < 4.78 is 0. The van der Waals surface area contributed by atoms with Gasteiger partial charge in [0.15, 0.2) is 5.11 Å². The van der Waals surface area contributed by atoms with Gasteiger partial charge < -0.3 is 5.32 Å². The zero-order valence-corrected chi connectivity index (χ0v) is 13.8. The number of amides is 1. The minimum atomic E-state index is -0.291. The van der Waals surface area contributed by atoms with Gasteiger partial charge in [-0.25, -0.2) is 0 Å². The van der Waals surface area contributed by atoms with Crippen LogP contribution in [0.4, 0.5) is 5.69 Å². The Labute approximate surface area is 139 Å². The molecule has 4 nitrogen and oxygen atoms in total. The molecule has 3 N–H and O–H groups in total. The average Bonchev–Trinajstić information content (AvgIpc) is 2.49. The molecule has 2 rings (SSSR count). The molecule has 0 saturated heterocycles. The first-order chi connectivity index (χ1) is 10.5. The van der Waals surface area contributed by atoms with E-state index in [9.17, 15) is 4.79 Å². The number of thiocarbonyl (C=S) groups is 1. The molecule has 2 aromatic carbocycles. The minimum absolute atomic E-state index is 0.291. The molecule has 0 heterocycles. The van der Waals surface area contributed by atoms with Crippen LogP contribution < -0.4 is 16.2 Å². The van der Waals surface area contributed by atoms with E-state index in [0.29, 0.717) is 15.7 Å². The van der Waals surface area contributed by atoms with E-state index in [0.717, 1.165) is 11.3 Å². The van der Waals surface area contributed by atoms with E-state index in [1.165, 1.54) is 5.56 Å². The maximum atomic E-state index is 11.9. The molecule has 0 bridgehead atoms. The fraction of sp³-hybridized carbons (Fsp3) is 0.125. The van der Waals surface area contributed by atoms with Crippen LogP contribution >= 0.6 is 23.8 Å². The van der Waals surface area contributed by atoms with E-state index in [-0.39, 0.29) is 5.91 Å². The summed E-state index contributed by atoms with van der Waals surface area (Å²) >= 11 is 10.9. The lowest BCUT2D eigenvalue weighted by atomic mass is 10.1. The maximum absolute atomic E-state index is 11.9. The van der Waals surface area contributed by atoms with Gasteiger partial charge in [0, 0.05) is 16.3 Å². The number of carbonyl (C=O) groups excluding carboxylic acids is 1. The fourth-order valence-electron chi connectivity index (χ4n) is 1.77. The van der Waals surface area contributed by atoms with Gasteiger partial charge in [-0.1, -0.05) is 17.7 Å². The molecule has 0 radical (unpaired) electrons. The van der Waals surface area contributed by atoms with Crippen molar-refractivity contribution in [3.05, 3.63) is 64.2 Å². The second kappa shape index (κ2) is 7.24. The van der Waals surface area contributed by atoms with Crippen molar-refractivity contribution in [2.45, 2.75) is 13.8 Å². The van der Waals surface area contributed by atoms with Gasteiger partial charge in [-0.3, -0.25) is 15.6 Å². The zero-order valence-electron chi connectivity index (χ0n) is 12.2. The Hall–Kier alpha value is -2.11. The molecule has 2 aromatic rings. The lowest BCUT2D eigenvalue weighted by Crippen LogP contribution is -2.43. The van der Waals surface area contributed by atoms with Gasteiger partial charge in [-0.2, -0.15) is 0 Å². The molecule has 0 aliphatic rings. The van der Waals surface area contributed by atoms with Crippen LogP contribution in [0, 0.1) is 13.8 Å². The summed E-state index contributed by atoms with van der Waals surface area (Å²) in [5, 5.41) is 3.90. The predicted octanol–water partition coefficient (Wildman–Crippen LogP) is 3.59. The van der Waals surface area contributed by atoms with E-state index in [2.05, 4.69) is 16.2 Å². The third kappa shape index (κ3) is 4.44. The van der Waals surface area contributed by atoms with E-state index in [1.54, 1.807) is 24.3 Å². The van der Waals surface area contributed by atoms with Gasteiger partial charge in [0.05, 0.1) is 0 Å². The second-order valence-electron chi connectivity index (χ2n) is 4.84. The summed E-state index contributed by atoms with van der Waals surface area (Å²) in [6.07, 6.45) is 0. The molecule has 6 heteroatoms. The van der Waals surface area contributed by atoms with E-state index >= 15 is 0 Å². The summed E-state index contributed by atoms with van der Waals surface area (Å²) in [5.74, 6) is -0.291. The molecule has 0 aliphatic carbocycles. The number of hydrazine groups is 1. The highest BCUT2D eigenvalue weighted by molar-refractivity contribution is 7.80. The highest BCUT2D eigenvalue weighted by Crippen LogP contribution is 2.14. The van der Waals surface area contributed by atoms with E-state index in [4.69, 9.17) is 23.8 Å². The number of halogens is 1. The van der Waals surface area contributed by atoms with Gasteiger partial charge in [-0.15, -0.1) is 0 Å². The number of hydrogen-bond donors (Lipinski definition) is 3. The van der Waals surface area contributed by atoms with Crippen LogP contribution in [0.25, 0.3) is 0 Å². The highest BCUT2D eigenvalue weighted by Gasteiger charge is 2.05. The molecule has 0 atom stereocenters. The van der Waals surface area contributed by atoms with Crippen LogP contribution in [-0.2, 0) is 0 Å². The molecule has 0 fully saturated rings. The van der Waals surface area contributed by atoms with Crippen molar-refractivity contribution in [3.63, 3.8) is 0 Å². The smallest absolute Gasteiger partial charge is 0.269 e. The van der Waals surface area contributed by atoms with Crippen molar-refractivity contribution in [1.82, 2.24) is 10.9 Å². The van der Waals surface area contributed by atoms with Crippen molar-refractivity contribution < 1.29 is 4.79 Å². The molecule has 0 unspecified atom stereocenters. The molecule has 114 valence electrons. The van der Waals surface area contributed by atoms with E-state index in [1.807, 2.05) is 32.0 Å². The van der Waals surface area contributed by atoms with Crippen LogP contribution in [-0.4, -0.2) is 11.0 Å². The summed E-state index contributed by atoms with van der Waals surface area (Å²) in [7, 11) is 0. The predicted molar refractivity (Wildman–Crippen MR) is 94.2 cm³/mol. The van der Waals surface area contributed by atoms with Crippen molar-refractivity contribution in [1.29, 1.82) is 0 Å². The molecule has 0 aromatic heterocycles. The van der Waals surface area contributed by atoms with Crippen LogP contribution in [0.2, 0.25) is 5.02 Å². The molecule has 0 saturated carbocycles. The van der Waals surface area contributed by atoms with Crippen molar-refractivity contribution in [2.24, 2.45) is 0 Å². The Balaban J connectivity index is 1.88. The molecule has 22 heavy (non-hydrogen) atoms. The van der Waals surface area contributed by atoms with Gasteiger partial charge in [0.25, 0.3) is 5.91 Å². The summed E-state index contributed by atoms with van der Waals surface area (Å²) in [4.78, 5) is 11.9. The number of hydrogen-bond acceptors (Lipinski definition) is 2. The third-order valence-electron chi connectivity index (χ3n) is 3.16. The van der Waals surface area contributed by atoms with Crippen LogP contribution in [0.15, 0.2) is 42.5 Å². The van der Waals surface area contributed by atoms with Gasteiger partial charge in [-0.05, 0) is 73.6 Å². The lowest BCUT2D eigenvalue weighted by molar-refractivity contribution is 0.0944. The fourth-order valence-corrected chi connectivity index (χ4v) is 2.06. The van der Waals surface area contributed by atoms with Crippen LogP contribution in [0.3, 0.4) is 0 Å². The molecular weight excluding hydrogens is 318 g/mol. The topological polar surface area (TPSA) is 53.2 Å². The zero-order chi connectivity index (χ0) is 16.1. The Morgan fingerprint density at radius 3 is 2.32 bits per heavy atom. The monoisotopic (exact) mass is 333 g/mol. The largest absolute Gasteiger partial charge is 0.331 e. The Morgan fingerprint density at radius 2 is 1.68 bits per heavy atom. The number of benzene rings is 2. The average molecular weight is 334 g/mol. The normalized spacial score (nSPS) is 9.95. The minimum Gasteiger partial charge on any atom is -0.331 e. The molecule has 1 amide bonds. The molecule has 0 spiro atoms. The first kappa shape index (κ1) is 16.3. The Morgan fingerprint density at radius 1 is 1.00 bits per heavy atom. The van der Waals surface area contributed by atoms with Crippen molar-refractivity contribution in [2.75, 3.05) is 5.32 Å². The SMILES string of the molecule is Cc1ccc(NC(=S)NNC(=O)c2ccc(Cl)cc2)cc1C. The Bertz CT molecular complexity index is 701. The van der Waals surface area contributed by atoms with E-state index < -0.39 is 0 Å². The number of carbonyl (C=O) groups is 1. The number of aryl methyl sites for hydroxylation is 2. The second-order valence-corrected chi connectivity index (χ2v) is 5.68. The number of rotatable bonds is 2. The summed E-state index contributed by atoms with van der Waals surface area (Å²) in [6.45, 7) is 4.07. The summed E-state index contributed by atoms with van der Waals surface area (Å²) in [5.41, 5.74) is 8.92. The molecule has 0 aliphatic heterocycles. The third-order valence-corrected chi connectivity index (χ3v) is 3.62. The quantitative estimate of drug-likeness (QED) is 0.580. The first-order valence-electron chi connectivity index (χ1n) is 6.66. The van der Waals surface area contributed by atoms with Gasteiger partial charge in [0.2, 0.25) is 0 Å². The van der Waals surface area contributed by atoms with Crippen molar-refractivity contribution in [3.8, 4) is 0 Å². The maximum Gasteiger partial charge on any atom is 0.269 e. The van der Waals surface area contributed by atoms with Gasteiger partial charge >= 0.3 is 0 Å². The van der Waals surface area contributed by atoms with Crippen molar-refractivity contribution >= 4 is 40.5 Å². The van der Waals surface area contributed by atoms with Crippen LogP contribution in [0.1, 0.15) is 21.5 Å². The number of anilines is 1. The first-order valence-corrected chi connectivity index (χ1v) is 7.44. The van der Waals surface area contributed by atoms with Gasteiger partial charge in [0.1, 0.15) is 0 Å². The van der Waals surface area contributed by atoms with Crippen LogP contribution in [0.5, 0.6) is 0 Å². The lowest BCUT2D eigenvalue weighted by Gasteiger charge is -2.12. The number of nitrogens with one attached hydrogen (secondary N) is 3. The molecular formula is C16H16ClN3OS. The standard InChI is InChI=1S/C16H16ClN3OS/c1-10-3-8-14(9-11(10)2)18-16(22)20-19-15(21)12-4-6-13(17)7-5-12/h3-9H,1-2H3,(H,19,21)(H2,18,20,22).